The predicted octanol–water partition coefficient (Wildman–Crippen LogP) is -0.889. The minimum atomic E-state index is 0.750. The van der Waals surface area contributed by atoms with Crippen molar-refractivity contribution in [1.82, 2.24) is 0 Å². The summed E-state index contributed by atoms with van der Waals surface area (Å²) < 4.78 is 16.2. The van der Waals surface area contributed by atoms with Gasteiger partial charge in [0, 0.05) is 0 Å². The third-order valence-corrected chi connectivity index (χ3v) is 0. The Hall–Kier alpha value is 0.379. The summed E-state index contributed by atoms with van der Waals surface area (Å²) in [4.78, 5) is 0. The second-order valence-corrected chi connectivity index (χ2v) is 0. The zero-order valence-electron chi connectivity index (χ0n) is 2.02. The zero-order valence-corrected chi connectivity index (χ0v) is 3.59. The van der Waals surface area contributed by atoms with Crippen LogP contribution in [0.1, 0.15) is 0 Å². The van der Waals surface area contributed by atoms with E-state index in [0.29, 0.717) is 0 Å². The molecule has 0 amide bonds. The van der Waals surface area contributed by atoms with E-state index in [1.54, 1.807) is 0 Å². The van der Waals surface area contributed by atoms with Gasteiger partial charge in [0.05, 0.1) is 0 Å². The summed E-state index contributed by atoms with van der Waals surface area (Å²) in [6.45, 7) is 0. The fraction of sp³-hybridized carbons (Fsp3) is 0. The molecule has 0 rings (SSSR count). The van der Waals surface area contributed by atoms with Gasteiger partial charge in [0.15, 0.2) is 0 Å². The van der Waals surface area contributed by atoms with Crippen molar-refractivity contribution in [3.05, 3.63) is 0 Å². The SMILES string of the molecule is B=O.[O]=[Ti]. The van der Waals surface area contributed by atoms with Crippen LogP contribution in [-0.2, 0) is 28.4 Å². The van der Waals surface area contributed by atoms with Crippen molar-refractivity contribution in [1.29, 1.82) is 0 Å². The molecule has 2 nitrogen and oxygen atoms in total. The molecule has 0 bridgehead atoms. The van der Waals surface area contributed by atoms with Gasteiger partial charge < -0.3 is 0 Å². The summed E-state index contributed by atoms with van der Waals surface area (Å²) in [6.07, 6.45) is 0. The zero-order chi connectivity index (χ0) is 4.00. The molecule has 0 radical (unpaired) electrons. The summed E-state index contributed by atoms with van der Waals surface area (Å²) in [5, 5.41) is 0. The number of hydrogen-bond donors (Lipinski definition) is 0. The van der Waals surface area contributed by atoms with Gasteiger partial charge in [-0.15, -0.1) is 0 Å². The molecule has 20 valence electrons. The molecular formula is HBO2Ti. The first-order valence-electron chi connectivity index (χ1n) is 0.493. The Morgan fingerprint density at radius 1 is 1.25 bits per heavy atom. The van der Waals surface area contributed by atoms with E-state index in [-0.39, 0.29) is 0 Å². The van der Waals surface area contributed by atoms with Crippen molar-refractivity contribution in [2.75, 3.05) is 0 Å². The molecular weight excluding hydrogens is 90.7 g/mol. The summed E-state index contributed by atoms with van der Waals surface area (Å²) in [6, 6.07) is 0. The maximum atomic E-state index is 8.25. The average molecular weight is 91.7 g/mol. The van der Waals surface area contributed by atoms with E-state index in [9.17, 15) is 0 Å². The van der Waals surface area contributed by atoms with Crippen molar-refractivity contribution in [2.24, 2.45) is 0 Å². The van der Waals surface area contributed by atoms with Crippen LogP contribution in [0.2, 0.25) is 0 Å². The molecule has 0 saturated carbocycles. The summed E-state index contributed by atoms with van der Waals surface area (Å²) >= 11 is 0.750. The van der Waals surface area contributed by atoms with Gasteiger partial charge >= 0.3 is 36.2 Å². The summed E-state index contributed by atoms with van der Waals surface area (Å²) in [5.74, 6) is 0. The molecule has 0 aliphatic rings. The number of hydrogen-bond acceptors (Lipinski definition) is 2. The molecule has 0 aliphatic heterocycles. The summed E-state index contributed by atoms with van der Waals surface area (Å²) in [5.41, 5.74) is 0. The van der Waals surface area contributed by atoms with Gasteiger partial charge in [-0.1, -0.05) is 0 Å². The molecule has 0 fully saturated rings. The molecule has 4 heteroatoms. The van der Waals surface area contributed by atoms with Crippen LogP contribution in [-0.4, -0.2) is 7.72 Å². The molecule has 4 heavy (non-hydrogen) atoms. The maximum absolute atomic E-state index is 8.25. The van der Waals surface area contributed by atoms with Crippen LogP contribution in [0.15, 0.2) is 0 Å². The van der Waals surface area contributed by atoms with Gasteiger partial charge in [-0.2, -0.15) is 0 Å². The molecule has 0 aromatic heterocycles. The average Bonchev–Trinajstić information content (AvgIpc) is 1.50. The van der Waals surface area contributed by atoms with Crippen LogP contribution in [0, 0.1) is 0 Å². The molecule has 0 saturated heterocycles. The third-order valence-electron chi connectivity index (χ3n) is 0. The quantitative estimate of drug-likeness (QED) is 0.363. The van der Waals surface area contributed by atoms with Crippen molar-refractivity contribution in [3.8, 4) is 0 Å². The van der Waals surface area contributed by atoms with E-state index < -0.39 is 0 Å². The van der Waals surface area contributed by atoms with Crippen LogP contribution < -0.4 is 0 Å². The predicted molar refractivity (Wildman–Crippen MR) is 8.52 cm³/mol. The molecule has 0 aliphatic carbocycles. The van der Waals surface area contributed by atoms with E-state index >= 15 is 0 Å². The standard InChI is InChI=1S/BHO.O.Ti/c1-2;;/h1H;;. The molecule has 0 aromatic carbocycles. The summed E-state index contributed by atoms with van der Waals surface area (Å²) in [7, 11) is 2.00. The third kappa shape index (κ3) is 31.5. The van der Waals surface area contributed by atoms with Crippen LogP contribution in [0.3, 0.4) is 0 Å². The van der Waals surface area contributed by atoms with E-state index in [1.165, 1.54) is 0 Å². The Balaban J connectivity index is 0. The Kier molecular flexibility index (Phi) is 294. The van der Waals surface area contributed by atoms with E-state index in [1.807, 2.05) is 7.72 Å². The fourth-order valence-electron chi connectivity index (χ4n) is 0. The Morgan fingerprint density at radius 3 is 1.25 bits per heavy atom. The molecule has 0 N–H and O–H groups in total. The van der Waals surface area contributed by atoms with Gasteiger partial charge in [-0.25, -0.2) is 0 Å². The van der Waals surface area contributed by atoms with Crippen molar-refractivity contribution < 1.29 is 28.4 Å². The Morgan fingerprint density at radius 2 is 1.25 bits per heavy atom. The molecule has 0 atom stereocenters. The minimum absolute atomic E-state index is 0.750. The van der Waals surface area contributed by atoms with Crippen LogP contribution >= 0.6 is 0 Å². The topological polar surface area (TPSA) is 34.1 Å². The Bertz CT molecular complexity index is 8.00. The fourth-order valence-corrected chi connectivity index (χ4v) is 0. The number of rotatable bonds is 0. The van der Waals surface area contributed by atoms with E-state index in [4.69, 9.17) is 8.03 Å². The van der Waals surface area contributed by atoms with Gasteiger partial charge in [-0.05, 0) is 0 Å². The van der Waals surface area contributed by atoms with Crippen molar-refractivity contribution in [3.63, 3.8) is 0 Å². The monoisotopic (exact) mass is 92.0 g/mol. The van der Waals surface area contributed by atoms with Crippen LogP contribution in [0.5, 0.6) is 0 Å². The molecule has 0 spiro atoms. The normalized spacial score (nSPS) is 1.50. The Labute approximate surface area is 36.7 Å². The second kappa shape index (κ2) is 133. The molecule has 0 aromatic rings. The van der Waals surface area contributed by atoms with Gasteiger partial charge in [-0.3, -0.25) is 0 Å². The van der Waals surface area contributed by atoms with E-state index in [2.05, 4.69) is 0 Å². The van der Waals surface area contributed by atoms with Crippen molar-refractivity contribution in [2.45, 2.75) is 0 Å². The second-order valence-electron chi connectivity index (χ2n) is 0. The van der Waals surface area contributed by atoms with Gasteiger partial charge in [0.1, 0.15) is 0 Å². The van der Waals surface area contributed by atoms with Crippen LogP contribution in [0.4, 0.5) is 0 Å². The van der Waals surface area contributed by atoms with Crippen molar-refractivity contribution >= 4 is 7.72 Å². The van der Waals surface area contributed by atoms with Gasteiger partial charge in [0.25, 0.3) is 0 Å². The first-order chi connectivity index (χ1) is 2.00. The van der Waals surface area contributed by atoms with E-state index in [0.717, 1.165) is 20.4 Å². The van der Waals surface area contributed by atoms with Gasteiger partial charge in [0.2, 0.25) is 0 Å². The van der Waals surface area contributed by atoms with Crippen LogP contribution in [0.25, 0.3) is 0 Å². The first-order valence-corrected chi connectivity index (χ1v) is 1.13. The first kappa shape index (κ1) is 8.83. The molecule has 0 unspecified atom stereocenters. The molecule has 0 heterocycles.